The second kappa shape index (κ2) is 9.67. The standard InChI is InChI=1S/C53H43B2N3/c1-26-14-10-16-31-33-18-12-20-37-47(33)56(43(26)31)45-28(3)46-42-51-41(45)54(37)39-24-29(52(4,5)6)22-35-36-23-30(53(7,8)9)25-40(50(36)58(51)49(35)39)55(42)38-21-13-19-34-32-17-11-15-27(2)44(32)57(46)48(34)38/h10-25H,1-9H3. The van der Waals surface area contributed by atoms with Crippen LogP contribution in [0.3, 0.4) is 0 Å². The van der Waals surface area contributed by atoms with Crippen LogP contribution in [0.15, 0.2) is 97.1 Å². The van der Waals surface area contributed by atoms with E-state index >= 15 is 0 Å². The molecule has 0 unspecified atom stereocenters. The Kier molecular flexibility index (Phi) is 5.35. The van der Waals surface area contributed by atoms with Crippen molar-refractivity contribution in [2.75, 3.05) is 0 Å². The molecule has 4 aliphatic rings. The van der Waals surface area contributed by atoms with Gasteiger partial charge in [0.1, 0.15) is 0 Å². The maximum Gasteiger partial charge on any atom is 0.252 e. The lowest BCUT2D eigenvalue weighted by Gasteiger charge is -2.42. The maximum absolute atomic E-state index is 2.78. The smallest absolute Gasteiger partial charge is 0.252 e. The molecule has 0 saturated heterocycles. The van der Waals surface area contributed by atoms with Crippen LogP contribution in [0.5, 0.6) is 0 Å². The van der Waals surface area contributed by atoms with Crippen molar-refractivity contribution >= 4 is 112 Å². The number of hydrogen-bond donors (Lipinski definition) is 0. The highest BCUT2D eigenvalue weighted by Gasteiger charge is 2.50. The van der Waals surface area contributed by atoms with Gasteiger partial charge in [-0.2, -0.15) is 0 Å². The van der Waals surface area contributed by atoms with Crippen LogP contribution >= 0.6 is 0 Å². The summed E-state index contributed by atoms with van der Waals surface area (Å²) >= 11 is 0. The number of aryl methyl sites for hydroxylation is 2. The third-order valence-electron chi connectivity index (χ3n) is 15.1. The van der Waals surface area contributed by atoms with Crippen molar-refractivity contribution in [3.8, 4) is 17.1 Å². The first-order valence-corrected chi connectivity index (χ1v) is 21.3. The first kappa shape index (κ1) is 32.1. The number of hydrogen-bond acceptors (Lipinski definition) is 0. The predicted molar refractivity (Wildman–Crippen MR) is 250 cm³/mol. The molecule has 58 heavy (non-hydrogen) atoms. The van der Waals surface area contributed by atoms with Crippen LogP contribution in [0.2, 0.25) is 0 Å². The van der Waals surface area contributed by atoms with Crippen LogP contribution in [0, 0.1) is 20.8 Å². The van der Waals surface area contributed by atoms with Gasteiger partial charge < -0.3 is 13.7 Å². The van der Waals surface area contributed by atoms with E-state index in [1.54, 1.807) is 0 Å². The van der Waals surface area contributed by atoms with E-state index < -0.39 is 0 Å². The van der Waals surface area contributed by atoms with E-state index in [-0.39, 0.29) is 24.3 Å². The number of benzene rings is 7. The molecule has 7 heterocycles. The molecular weight excluding hydrogens is 700 g/mol. The Morgan fingerprint density at radius 1 is 0.379 bits per heavy atom. The zero-order valence-electron chi connectivity index (χ0n) is 34.7. The molecule has 14 rings (SSSR count). The Hall–Kier alpha value is -5.93. The van der Waals surface area contributed by atoms with E-state index in [0.717, 1.165) is 0 Å². The monoisotopic (exact) mass is 743 g/mol. The second-order valence-corrected chi connectivity index (χ2v) is 20.2. The van der Waals surface area contributed by atoms with Crippen molar-refractivity contribution in [2.24, 2.45) is 0 Å². The molecule has 3 aromatic heterocycles. The summed E-state index contributed by atoms with van der Waals surface area (Å²) in [6.07, 6.45) is 0. The van der Waals surface area contributed by atoms with Crippen molar-refractivity contribution in [2.45, 2.75) is 73.1 Å². The van der Waals surface area contributed by atoms with Crippen molar-refractivity contribution in [3.63, 3.8) is 0 Å². The zero-order chi connectivity index (χ0) is 39.2. The van der Waals surface area contributed by atoms with Crippen LogP contribution in [0.4, 0.5) is 0 Å². The molecule has 0 fully saturated rings. The number of aromatic nitrogens is 3. The van der Waals surface area contributed by atoms with Gasteiger partial charge in [0.05, 0.1) is 11.0 Å². The predicted octanol–water partition coefficient (Wildman–Crippen LogP) is 8.78. The number of nitrogens with zero attached hydrogens (tertiary/aromatic N) is 3. The molecule has 5 heteroatoms. The molecule has 0 amide bonds. The third kappa shape index (κ3) is 3.34. The van der Waals surface area contributed by atoms with Gasteiger partial charge in [0.2, 0.25) is 0 Å². The van der Waals surface area contributed by atoms with Crippen molar-refractivity contribution < 1.29 is 0 Å². The number of para-hydroxylation sites is 4. The first-order chi connectivity index (χ1) is 27.8. The van der Waals surface area contributed by atoms with Crippen LogP contribution in [0.25, 0.3) is 82.5 Å². The molecule has 4 aliphatic heterocycles. The van der Waals surface area contributed by atoms with E-state index in [0.29, 0.717) is 0 Å². The molecule has 0 radical (unpaired) electrons. The fourth-order valence-electron chi connectivity index (χ4n) is 12.6. The Morgan fingerprint density at radius 3 is 1.16 bits per heavy atom. The molecule has 10 aromatic rings. The van der Waals surface area contributed by atoms with Gasteiger partial charge in [0, 0.05) is 71.4 Å². The number of fused-ring (bicyclic) bond motifs is 13. The van der Waals surface area contributed by atoms with E-state index in [1.807, 2.05) is 0 Å². The summed E-state index contributed by atoms with van der Waals surface area (Å²) in [4.78, 5) is 0. The van der Waals surface area contributed by atoms with Crippen LogP contribution in [0.1, 0.15) is 69.4 Å². The van der Waals surface area contributed by atoms with Gasteiger partial charge in [-0.1, -0.05) is 126 Å². The maximum atomic E-state index is 2.78. The second-order valence-electron chi connectivity index (χ2n) is 20.2. The summed E-state index contributed by atoms with van der Waals surface area (Å²) in [5, 5.41) is 8.20. The van der Waals surface area contributed by atoms with E-state index in [2.05, 4.69) is 173 Å². The average molecular weight is 744 g/mol. The molecule has 0 N–H and O–H groups in total. The summed E-state index contributed by atoms with van der Waals surface area (Å²) in [5.41, 5.74) is 27.9. The highest BCUT2D eigenvalue weighted by Crippen LogP contribution is 2.46. The highest BCUT2D eigenvalue weighted by atomic mass is 15.1. The zero-order valence-corrected chi connectivity index (χ0v) is 34.7. The lowest BCUT2D eigenvalue weighted by Crippen LogP contribution is -2.67. The molecule has 0 bridgehead atoms. The van der Waals surface area contributed by atoms with Gasteiger partial charge in [-0.3, -0.25) is 0 Å². The third-order valence-corrected chi connectivity index (χ3v) is 15.1. The minimum Gasteiger partial charge on any atom is -0.311 e. The Morgan fingerprint density at radius 2 is 0.741 bits per heavy atom. The number of rotatable bonds is 0. The van der Waals surface area contributed by atoms with Gasteiger partial charge in [-0.05, 0) is 104 Å². The fourth-order valence-corrected chi connectivity index (χ4v) is 12.6. The Labute approximate surface area is 339 Å². The van der Waals surface area contributed by atoms with Crippen molar-refractivity contribution in [1.29, 1.82) is 0 Å². The normalized spacial score (nSPS) is 14.6. The highest BCUT2D eigenvalue weighted by molar-refractivity contribution is 7.04. The summed E-state index contributed by atoms with van der Waals surface area (Å²) in [7, 11) is 0. The summed E-state index contributed by atoms with van der Waals surface area (Å²) < 4.78 is 8.21. The summed E-state index contributed by atoms with van der Waals surface area (Å²) in [6.45, 7) is 21.6. The molecule has 0 aliphatic carbocycles. The first-order valence-electron chi connectivity index (χ1n) is 21.3. The molecule has 3 nitrogen and oxygen atoms in total. The Balaban J connectivity index is 1.33. The quantitative estimate of drug-likeness (QED) is 0.138. The molecule has 0 atom stereocenters. The molecule has 7 aromatic carbocycles. The van der Waals surface area contributed by atoms with E-state index in [1.165, 1.54) is 143 Å². The minimum absolute atomic E-state index is 0.0198. The SMILES string of the molecule is Cc1c2c3c4c5c1-n1c6c(C)cccc6c6cccc(c61)B5c1cc(C(C)(C)C)cc5c6cc(C(C)(C)C)cc(c6n-4c15)B3c1cccc3c4cccc(C)c4n-2c13. The largest absolute Gasteiger partial charge is 0.311 e. The Bertz CT molecular complexity index is 3450. The van der Waals surface area contributed by atoms with Gasteiger partial charge >= 0.3 is 0 Å². The van der Waals surface area contributed by atoms with Gasteiger partial charge in [-0.15, -0.1) is 0 Å². The average Bonchev–Trinajstić information content (AvgIpc) is 3.84. The molecular formula is C53H43B2N3. The topological polar surface area (TPSA) is 14.8 Å². The molecule has 276 valence electrons. The fraction of sp³-hybridized carbons (Fsp3) is 0.208. The lowest BCUT2D eigenvalue weighted by molar-refractivity contribution is 0.591. The van der Waals surface area contributed by atoms with Gasteiger partial charge in [-0.25, -0.2) is 0 Å². The molecule has 0 spiro atoms. The molecule has 0 saturated carbocycles. The minimum atomic E-state index is -0.0198. The van der Waals surface area contributed by atoms with Gasteiger partial charge in [0.25, 0.3) is 13.4 Å². The van der Waals surface area contributed by atoms with Crippen LogP contribution in [-0.4, -0.2) is 27.1 Å². The van der Waals surface area contributed by atoms with Gasteiger partial charge in [0.15, 0.2) is 0 Å². The van der Waals surface area contributed by atoms with Crippen molar-refractivity contribution in [3.05, 3.63) is 125 Å². The van der Waals surface area contributed by atoms with Crippen LogP contribution < -0.4 is 32.8 Å². The summed E-state index contributed by atoms with van der Waals surface area (Å²) in [6, 6.07) is 38.5. The van der Waals surface area contributed by atoms with E-state index in [9.17, 15) is 0 Å². The lowest BCUT2D eigenvalue weighted by atomic mass is 9.29. The van der Waals surface area contributed by atoms with Crippen LogP contribution in [-0.2, 0) is 10.8 Å². The van der Waals surface area contributed by atoms with Crippen molar-refractivity contribution in [1.82, 2.24) is 13.7 Å². The van der Waals surface area contributed by atoms with E-state index in [4.69, 9.17) is 0 Å². The summed E-state index contributed by atoms with van der Waals surface area (Å²) in [5.74, 6) is 0.